The summed E-state index contributed by atoms with van der Waals surface area (Å²) in [4.78, 5) is 0. The number of benzene rings is 3. The van der Waals surface area contributed by atoms with Gasteiger partial charge in [0.05, 0.1) is 4.70 Å². The van der Waals surface area contributed by atoms with Crippen molar-refractivity contribution in [2.24, 2.45) is 0 Å². The summed E-state index contributed by atoms with van der Waals surface area (Å²) in [6.07, 6.45) is 1.04. The fourth-order valence-electron chi connectivity index (χ4n) is 3.15. The average Bonchev–Trinajstić information content (AvgIpc) is 3.19. The molecule has 4 aromatic rings. The highest BCUT2D eigenvalue weighted by Crippen LogP contribution is 2.25. The molecule has 0 radical (unpaired) electrons. The van der Waals surface area contributed by atoms with Gasteiger partial charge in [-0.3, -0.25) is 0 Å². The Kier molecular flexibility index (Phi) is 6.73. The monoisotopic (exact) mass is 403 g/mol. The number of anilines is 1. The van der Waals surface area contributed by atoms with Gasteiger partial charge in [-0.2, -0.15) is 4.37 Å². The van der Waals surface area contributed by atoms with E-state index in [-0.39, 0.29) is 0 Å². The fraction of sp³-hybridized carbons (Fsp3) is 0.208. The van der Waals surface area contributed by atoms with Crippen LogP contribution in [-0.2, 0) is 13.2 Å². The van der Waals surface area contributed by atoms with Crippen LogP contribution in [0.1, 0.15) is 17.5 Å². The first-order valence-corrected chi connectivity index (χ1v) is 10.7. The van der Waals surface area contributed by atoms with Crippen molar-refractivity contribution >= 4 is 27.4 Å². The number of ether oxygens (including phenoxy) is 1. The van der Waals surface area contributed by atoms with Crippen molar-refractivity contribution in [3.05, 3.63) is 90.0 Å². The van der Waals surface area contributed by atoms with E-state index in [1.54, 1.807) is 11.5 Å². The minimum Gasteiger partial charge on any atom is -0.489 e. The van der Waals surface area contributed by atoms with Crippen molar-refractivity contribution in [2.75, 3.05) is 18.4 Å². The molecule has 29 heavy (non-hydrogen) atoms. The minimum atomic E-state index is 0.592. The van der Waals surface area contributed by atoms with Gasteiger partial charge in [0.15, 0.2) is 0 Å². The molecule has 2 N–H and O–H groups in total. The van der Waals surface area contributed by atoms with E-state index in [1.165, 1.54) is 21.2 Å². The molecule has 1 aromatic heterocycles. The molecule has 0 aliphatic heterocycles. The number of fused-ring (bicyclic) bond motifs is 1. The second kappa shape index (κ2) is 10.0. The van der Waals surface area contributed by atoms with Crippen LogP contribution >= 0.6 is 11.5 Å². The highest BCUT2D eigenvalue weighted by atomic mass is 32.1. The number of rotatable bonds is 10. The molecule has 0 aliphatic rings. The maximum atomic E-state index is 5.91. The first-order valence-electron chi connectivity index (χ1n) is 9.93. The minimum absolute atomic E-state index is 0.592. The molecule has 0 unspecified atom stereocenters. The van der Waals surface area contributed by atoms with Gasteiger partial charge in [0.25, 0.3) is 0 Å². The number of hydrogen-bond donors (Lipinski definition) is 2. The van der Waals surface area contributed by atoms with E-state index < -0.39 is 0 Å². The maximum Gasteiger partial charge on any atom is 0.147 e. The van der Waals surface area contributed by atoms with E-state index in [4.69, 9.17) is 4.74 Å². The Morgan fingerprint density at radius 1 is 0.828 bits per heavy atom. The zero-order valence-electron chi connectivity index (χ0n) is 16.3. The van der Waals surface area contributed by atoms with Crippen LogP contribution in [0.5, 0.6) is 5.75 Å². The van der Waals surface area contributed by atoms with Gasteiger partial charge in [-0.1, -0.05) is 54.6 Å². The number of nitrogens with zero attached hydrogens (tertiary/aromatic N) is 1. The third-order valence-corrected chi connectivity index (χ3v) is 5.50. The van der Waals surface area contributed by atoms with Gasteiger partial charge in [-0.25, -0.2) is 0 Å². The molecule has 148 valence electrons. The normalized spacial score (nSPS) is 10.9. The largest absolute Gasteiger partial charge is 0.489 e. The van der Waals surface area contributed by atoms with Gasteiger partial charge in [-0.05, 0) is 59.9 Å². The van der Waals surface area contributed by atoms with Crippen LogP contribution in [0.2, 0.25) is 0 Å². The lowest BCUT2D eigenvalue weighted by Crippen LogP contribution is -2.17. The van der Waals surface area contributed by atoms with Gasteiger partial charge in [-0.15, -0.1) is 0 Å². The summed E-state index contributed by atoms with van der Waals surface area (Å²) in [5, 5.41) is 8.16. The summed E-state index contributed by atoms with van der Waals surface area (Å²) in [6.45, 7) is 3.28. The standard InChI is InChI=1S/C24H25N3OS/c1-2-8-19(9-3-1)18-28-21-11-6-10-20(16-21)17-25-14-7-15-26-24-22-12-4-5-13-23(22)29-27-24/h1-6,8-13,16,25H,7,14-15,17-18H2,(H,26,27). The lowest BCUT2D eigenvalue weighted by molar-refractivity contribution is 0.306. The van der Waals surface area contributed by atoms with E-state index in [0.29, 0.717) is 6.61 Å². The van der Waals surface area contributed by atoms with Crippen molar-refractivity contribution < 1.29 is 4.74 Å². The van der Waals surface area contributed by atoms with Crippen molar-refractivity contribution in [1.29, 1.82) is 0 Å². The average molecular weight is 404 g/mol. The maximum absolute atomic E-state index is 5.91. The molecule has 5 heteroatoms. The summed E-state index contributed by atoms with van der Waals surface area (Å²) in [6, 6.07) is 26.9. The Bertz CT molecular complexity index is 1030. The summed E-state index contributed by atoms with van der Waals surface area (Å²) in [5.74, 6) is 1.90. The van der Waals surface area contributed by atoms with E-state index >= 15 is 0 Å². The molecule has 4 nitrogen and oxygen atoms in total. The first-order chi connectivity index (χ1) is 14.4. The van der Waals surface area contributed by atoms with Crippen LogP contribution < -0.4 is 15.4 Å². The lowest BCUT2D eigenvalue weighted by Gasteiger charge is -2.09. The van der Waals surface area contributed by atoms with E-state index in [9.17, 15) is 0 Å². The smallest absolute Gasteiger partial charge is 0.147 e. The lowest BCUT2D eigenvalue weighted by atomic mass is 10.2. The van der Waals surface area contributed by atoms with Crippen molar-refractivity contribution in [1.82, 2.24) is 9.69 Å². The van der Waals surface area contributed by atoms with Crippen molar-refractivity contribution in [2.45, 2.75) is 19.6 Å². The van der Waals surface area contributed by atoms with Crippen LogP contribution in [0.4, 0.5) is 5.82 Å². The van der Waals surface area contributed by atoms with E-state index in [1.807, 2.05) is 30.3 Å². The van der Waals surface area contributed by atoms with Gasteiger partial charge >= 0.3 is 0 Å². The molecular weight excluding hydrogens is 378 g/mol. The van der Waals surface area contributed by atoms with Gasteiger partial charge < -0.3 is 15.4 Å². The summed E-state index contributed by atoms with van der Waals surface area (Å²) in [5.41, 5.74) is 2.41. The molecule has 0 saturated carbocycles. The highest BCUT2D eigenvalue weighted by Gasteiger charge is 2.04. The molecule has 0 amide bonds. The molecule has 0 fully saturated rings. The van der Waals surface area contributed by atoms with Crippen LogP contribution in [-0.4, -0.2) is 17.5 Å². The molecule has 0 spiro atoms. The molecule has 0 bridgehead atoms. The molecule has 1 heterocycles. The second-order valence-corrected chi connectivity index (χ2v) is 7.71. The van der Waals surface area contributed by atoms with E-state index in [2.05, 4.69) is 63.5 Å². The highest BCUT2D eigenvalue weighted by molar-refractivity contribution is 7.13. The summed E-state index contributed by atoms with van der Waals surface area (Å²) < 4.78 is 11.6. The number of aromatic nitrogens is 1. The van der Waals surface area contributed by atoms with Crippen LogP contribution in [0.25, 0.3) is 10.1 Å². The van der Waals surface area contributed by atoms with Crippen molar-refractivity contribution in [3.8, 4) is 5.75 Å². The van der Waals surface area contributed by atoms with Crippen LogP contribution in [0.3, 0.4) is 0 Å². The number of nitrogens with one attached hydrogen (secondary N) is 2. The molecule has 0 atom stereocenters. The Morgan fingerprint density at radius 2 is 1.66 bits per heavy atom. The topological polar surface area (TPSA) is 46.2 Å². The number of hydrogen-bond acceptors (Lipinski definition) is 5. The van der Waals surface area contributed by atoms with Crippen molar-refractivity contribution in [3.63, 3.8) is 0 Å². The predicted octanol–water partition coefficient (Wildman–Crippen LogP) is 5.47. The molecule has 0 aliphatic carbocycles. The zero-order chi connectivity index (χ0) is 19.7. The second-order valence-electron chi connectivity index (χ2n) is 6.91. The Labute approximate surface area is 175 Å². The molecule has 0 saturated heterocycles. The molecule has 4 rings (SSSR count). The molecule has 3 aromatic carbocycles. The predicted molar refractivity (Wildman–Crippen MR) is 122 cm³/mol. The summed E-state index contributed by atoms with van der Waals surface area (Å²) >= 11 is 1.54. The van der Waals surface area contributed by atoms with Crippen LogP contribution in [0.15, 0.2) is 78.9 Å². The fourth-order valence-corrected chi connectivity index (χ4v) is 3.91. The Hall–Kier alpha value is -2.89. The van der Waals surface area contributed by atoms with Gasteiger partial charge in [0.1, 0.15) is 18.2 Å². The van der Waals surface area contributed by atoms with Gasteiger partial charge in [0.2, 0.25) is 0 Å². The Balaban J connectivity index is 1.17. The zero-order valence-corrected chi connectivity index (χ0v) is 17.1. The Morgan fingerprint density at radius 3 is 2.59 bits per heavy atom. The third kappa shape index (κ3) is 5.56. The van der Waals surface area contributed by atoms with Gasteiger partial charge in [0, 0.05) is 18.5 Å². The SMILES string of the molecule is c1ccc(COc2cccc(CNCCCNc3nsc4ccccc34)c2)cc1. The molecular formula is C24H25N3OS. The third-order valence-electron chi connectivity index (χ3n) is 4.68. The summed E-state index contributed by atoms with van der Waals surface area (Å²) in [7, 11) is 0. The van der Waals surface area contributed by atoms with Crippen LogP contribution in [0, 0.1) is 0 Å². The quantitative estimate of drug-likeness (QED) is 0.345. The van der Waals surface area contributed by atoms with E-state index in [0.717, 1.165) is 37.6 Å². The first kappa shape index (κ1) is 19.4.